The molecule has 1 heterocycles. The van der Waals surface area contributed by atoms with Crippen LogP contribution in [0, 0.1) is 0 Å². The Hall–Kier alpha value is 0.200. The molecule has 0 radical (unpaired) electrons. The predicted octanol–water partition coefficient (Wildman–Crippen LogP) is 3.38. The minimum atomic E-state index is 0.337. The summed E-state index contributed by atoms with van der Waals surface area (Å²) in [7, 11) is 0. The maximum atomic E-state index is 11.4. The number of ketones is 1. The molecule has 1 nitrogen and oxygen atoms in total. The lowest BCUT2D eigenvalue weighted by Crippen LogP contribution is -2.02. The van der Waals surface area contributed by atoms with Gasteiger partial charge in [-0.25, -0.2) is 0 Å². The van der Waals surface area contributed by atoms with Crippen LogP contribution in [-0.2, 0) is 11.2 Å². The van der Waals surface area contributed by atoms with Crippen molar-refractivity contribution >= 4 is 44.8 Å². The van der Waals surface area contributed by atoms with Gasteiger partial charge in [0.15, 0.2) is 0 Å². The third-order valence-electron chi connectivity index (χ3n) is 1.58. The first kappa shape index (κ1) is 11.3. The number of rotatable bonds is 5. The first-order valence-corrected chi connectivity index (χ1v) is 7.02. The highest BCUT2D eigenvalue weighted by molar-refractivity contribution is 9.10. The smallest absolute Gasteiger partial charge is 0.138 e. The molecular formula is C9H11BrOS2. The van der Waals surface area contributed by atoms with E-state index < -0.39 is 0 Å². The van der Waals surface area contributed by atoms with Crippen molar-refractivity contribution in [2.24, 2.45) is 0 Å². The average molecular weight is 279 g/mol. The summed E-state index contributed by atoms with van der Waals surface area (Å²) in [4.78, 5) is 12.5. The fraction of sp³-hybridized carbons (Fsp3) is 0.444. The largest absolute Gasteiger partial charge is 0.299 e. The van der Waals surface area contributed by atoms with E-state index in [-0.39, 0.29) is 0 Å². The van der Waals surface area contributed by atoms with E-state index in [1.807, 2.05) is 17.7 Å². The number of carbonyl (C=O) groups is 1. The van der Waals surface area contributed by atoms with Crippen LogP contribution in [0.25, 0.3) is 0 Å². The molecule has 0 unspecified atom stereocenters. The number of hydrogen-bond acceptors (Lipinski definition) is 3. The number of Topliss-reactive ketones (excluding diaryl/α,β-unsaturated/α-hetero) is 1. The normalized spacial score (nSPS) is 10.3. The molecule has 0 aliphatic rings. The summed E-state index contributed by atoms with van der Waals surface area (Å²) in [5, 5.41) is 2.01. The first-order valence-electron chi connectivity index (χ1n) is 3.96. The highest BCUT2D eigenvalue weighted by atomic mass is 79.9. The molecular weight excluding hydrogens is 268 g/mol. The van der Waals surface area contributed by atoms with Gasteiger partial charge in [0, 0.05) is 27.6 Å². The Labute approximate surface area is 95.0 Å². The lowest BCUT2D eigenvalue weighted by atomic mass is 10.2. The maximum Gasteiger partial charge on any atom is 0.138 e. The minimum absolute atomic E-state index is 0.337. The van der Waals surface area contributed by atoms with Crippen LogP contribution in [0.3, 0.4) is 0 Å². The summed E-state index contributed by atoms with van der Waals surface area (Å²) >= 11 is 6.73. The molecule has 0 N–H and O–H groups in total. The molecule has 0 saturated heterocycles. The van der Waals surface area contributed by atoms with Gasteiger partial charge >= 0.3 is 0 Å². The van der Waals surface area contributed by atoms with Crippen molar-refractivity contribution in [3.8, 4) is 0 Å². The van der Waals surface area contributed by atoms with Crippen molar-refractivity contribution in [3.05, 3.63) is 20.8 Å². The number of halogens is 1. The van der Waals surface area contributed by atoms with Crippen LogP contribution in [0.1, 0.15) is 11.3 Å². The van der Waals surface area contributed by atoms with E-state index in [1.54, 1.807) is 23.1 Å². The van der Waals surface area contributed by atoms with E-state index >= 15 is 0 Å². The second-order valence-electron chi connectivity index (χ2n) is 2.69. The zero-order valence-corrected chi connectivity index (χ0v) is 10.6. The van der Waals surface area contributed by atoms with Crippen LogP contribution in [0.2, 0.25) is 0 Å². The van der Waals surface area contributed by atoms with Crippen molar-refractivity contribution in [1.82, 2.24) is 0 Å². The van der Waals surface area contributed by atoms with Gasteiger partial charge in [0.2, 0.25) is 0 Å². The molecule has 0 fully saturated rings. The van der Waals surface area contributed by atoms with Crippen LogP contribution in [-0.4, -0.2) is 17.8 Å². The molecule has 4 heteroatoms. The second kappa shape index (κ2) is 5.83. The Morgan fingerprint density at radius 1 is 1.69 bits per heavy atom. The monoisotopic (exact) mass is 278 g/mol. The molecule has 13 heavy (non-hydrogen) atoms. The van der Waals surface area contributed by atoms with Gasteiger partial charge < -0.3 is 0 Å². The van der Waals surface area contributed by atoms with Crippen molar-refractivity contribution in [3.63, 3.8) is 0 Å². The quantitative estimate of drug-likeness (QED) is 0.822. The summed E-state index contributed by atoms with van der Waals surface area (Å²) in [6.45, 7) is 0. The topological polar surface area (TPSA) is 17.1 Å². The Balaban J connectivity index is 2.36. The van der Waals surface area contributed by atoms with Gasteiger partial charge in [-0.05, 0) is 34.0 Å². The highest BCUT2D eigenvalue weighted by Gasteiger charge is 2.04. The van der Waals surface area contributed by atoms with Gasteiger partial charge in [-0.3, -0.25) is 4.79 Å². The van der Waals surface area contributed by atoms with Crippen LogP contribution < -0.4 is 0 Å². The molecule has 0 aliphatic carbocycles. The number of carbonyl (C=O) groups excluding carboxylic acids is 1. The molecule has 1 rings (SSSR count). The summed E-state index contributed by atoms with van der Waals surface area (Å²) in [5.74, 6) is 1.27. The van der Waals surface area contributed by atoms with Gasteiger partial charge in [-0.1, -0.05) is 0 Å². The lowest BCUT2D eigenvalue weighted by molar-refractivity contribution is -0.117. The summed E-state index contributed by atoms with van der Waals surface area (Å²) in [6.07, 6.45) is 3.31. The van der Waals surface area contributed by atoms with E-state index in [0.717, 1.165) is 15.1 Å². The van der Waals surface area contributed by atoms with E-state index in [1.165, 1.54) is 0 Å². The van der Waals surface area contributed by atoms with Crippen molar-refractivity contribution in [1.29, 1.82) is 0 Å². The molecule has 0 aromatic carbocycles. The standard InChI is InChI=1S/C9H11BrOS2/c1-12-3-2-8(11)5-9-4-7(10)6-13-9/h4,6H,2-3,5H2,1H3. The Kier molecular flexibility index (Phi) is 5.06. The molecule has 0 amide bonds. The zero-order valence-electron chi connectivity index (χ0n) is 7.38. The molecule has 0 atom stereocenters. The van der Waals surface area contributed by atoms with Crippen molar-refractivity contribution in [2.75, 3.05) is 12.0 Å². The third kappa shape index (κ3) is 4.29. The lowest BCUT2D eigenvalue weighted by Gasteiger charge is -1.95. The Bertz CT molecular complexity index is 283. The van der Waals surface area contributed by atoms with Crippen LogP contribution in [0.15, 0.2) is 15.9 Å². The van der Waals surface area contributed by atoms with E-state index in [2.05, 4.69) is 15.9 Å². The Morgan fingerprint density at radius 3 is 3.00 bits per heavy atom. The number of thioether (sulfide) groups is 1. The summed E-state index contributed by atoms with van der Waals surface area (Å²) < 4.78 is 1.07. The maximum absolute atomic E-state index is 11.4. The van der Waals surface area contributed by atoms with Crippen LogP contribution in [0.4, 0.5) is 0 Å². The fourth-order valence-electron chi connectivity index (χ4n) is 0.945. The predicted molar refractivity (Wildman–Crippen MR) is 63.7 cm³/mol. The SMILES string of the molecule is CSCCC(=O)Cc1cc(Br)cs1. The molecule has 72 valence electrons. The highest BCUT2D eigenvalue weighted by Crippen LogP contribution is 2.20. The third-order valence-corrected chi connectivity index (χ3v) is 3.89. The second-order valence-corrected chi connectivity index (χ2v) is 5.59. The van der Waals surface area contributed by atoms with Crippen molar-refractivity contribution in [2.45, 2.75) is 12.8 Å². The average Bonchev–Trinajstić information content (AvgIpc) is 2.48. The fourth-order valence-corrected chi connectivity index (χ4v) is 2.86. The zero-order chi connectivity index (χ0) is 9.68. The summed E-state index contributed by atoms with van der Waals surface area (Å²) in [5.41, 5.74) is 0. The number of hydrogen-bond donors (Lipinski definition) is 0. The van der Waals surface area contributed by atoms with Gasteiger partial charge in [-0.15, -0.1) is 11.3 Å². The van der Waals surface area contributed by atoms with Crippen LogP contribution in [0.5, 0.6) is 0 Å². The van der Waals surface area contributed by atoms with Crippen LogP contribution >= 0.6 is 39.0 Å². The Morgan fingerprint density at radius 2 is 2.46 bits per heavy atom. The molecule has 0 aliphatic heterocycles. The van der Waals surface area contributed by atoms with Crippen molar-refractivity contribution < 1.29 is 4.79 Å². The molecule has 1 aromatic rings. The minimum Gasteiger partial charge on any atom is -0.299 e. The van der Waals surface area contributed by atoms with Gasteiger partial charge in [0.1, 0.15) is 5.78 Å². The molecule has 0 spiro atoms. The first-order chi connectivity index (χ1) is 6.22. The van der Waals surface area contributed by atoms with E-state index in [0.29, 0.717) is 18.6 Å². The van der Waals surface area contributed by atoms with Gasteiger partial charge in [0.25, 0.3) is 0 Å². The van der Waals surface area contributed by atoms with Gasteiger partial charge in [-0.2, -0.15) is 11.8 Å². The van der Waals surface area contributed by atoms with E-state index in [9.17, 15) is 4.79 Å². The molecule has 0 saturated carbocycles. The van der Waals surface area contributed by atoms with Gasteiger partial charge in [0.05, 0.1) is 0 Å². The molecule has 1 aromatic heterocycles. The summed E-state index contributed by atoms with van der Waals surface area (Å²) in [6, 6.07) is 2.02. The van der Waals surface area contributed by atoms with E-state index in [4.69, 9.17) is 0 Å². The number of thiophene rings is 1. The molecule has 0 bridgehead atoms.